The highest BCUT2D eigenvalue weighted by atomic mass is 16.3. The van der Waals surface area contributed by atoms with Crippen LogP contribution in [-0.2, 0) is 6.54 Å². The van der Waals surface area contributed by atoms with Crippen LogP contribution in [0.15, 0.2) is 18.6 Å². The van der Waals surface area contributed by atoms with Crippen LogP contribution in [0.2, 0.25) is 0 Å². The lowest BCUT2D eigenvalue weighted by atomic mass is 10.2. The molecule has 0 saturated heterocycles. The molecule has 0 radical (unpaired) electrons. The Morgan fingerprint density at radius 2 is 2.35 bits per heavy atom. The molecule has 2 rings (SSSR count). The summed E-state index contributed by atoms with van der Waals surface area (Å²) in [7, 11) is 0. The van der Waals surface area contributed by atoms with E-state index in [1.54, 1.807) is 21.6 Å². The molecule has 0 amide bonds. The quantitative estimate of drug-likeness (QED) is 0.764. The third-order valence-electron chi connectivity index (χ3n) is 2.69. The van der Waals surface area contributed by atoms with Gasteiger partial charge in [-0.1, -0.05) is 12.1 Å². The van der Waals surface area contributed by atoms with Crippen LogP contribution in [0.25, 0.3) is 0 Å². The average Bonchev–Trinajstić information content (AvgIpc) is 2.92. The molecule has 3 N–H and O–H groups in total. The third-order valence-corrected chi connectivity index (χ3v) is 2.69. The van der Waals surface area contributed by atoms with Crippen molar-refractivity contribution in [2.45, 2.75) is 25.9 Å². The first-order valence-corrected chi connectivity index (χ1v) is 5.52. The fourth-order valence-corrected chi connectivity index (χ4v) is 1.61. The van der Waals surface area contributed by atoms with Gasteiger partial charge < -0.3 is 15.4 Å². The number of rotatable bonds is 5. The zero-order valence-corrected chi connectivity index (χ0v) is 9.69. The Bertz CT molecular complexity index is 473. The largest absolute Gasteiger partial charge is 0.394 e. The molecule has 0 aliphatic rings. The van der Waals surface area contributed by atoms with Gasteiger partial charge in [-0.05, 0) is 6.42 Å². The van der Waals surface area contributed by atoms with Crippen molar-refractivity contribution in [2.75, 3.05) is 12.3 Å². The van der Waals surface area contributed by atoms with E-state index in [1.807, 2.05) is 13.1 Å². The molecule has 7 nitrogen and oxygen atoms in total. The number of hydrogen-bond donors (Lipinski definition) is 2. The molecule has 2 aromatic rings. The number of aliphatic hydroxyl groups excluding tert-OH is 1. The summed E-state index contributed by atoms with van der Waals surface area (Å²) in [5, 5.41) is 17.2. The van der Waals surface area contributed by atoms with E-state index in [0.29, 0.717) is 12.5 Å². The molecule has 0 aliphatic carbocycles. The van der Waals surface area contributed by atoms with Gasteiger partial charge in [0, 0.05) is 12.4 Å². The maximum atomic E-state index is 9.17. The minimum Gasteiger partial charge on any atom is -0.394 e. The molecule has 7 heteroatoms. The first-order valence-electron chi connectivity index (χ1n) is 5.52. The lowest BCUT2D eigenvalue weighted by Crippen LogP contribution is -2.12. The van der Waals surface area contributed by atoms with E-state index in [2.05, 4.69) is 15.3 Å². The third kappa shape index (κ3) is 2.44. The van der Waals surface area contributed by atoms with Gasteiger partial charge in [0.25, 0.3) is 0 Å². The molecule has 1 unspecified atom stereocenters. The molecular weight excluding hydrogens is 220 g/mol. The summed E-state index contributed by atoms with van der Waals surface area (Å²) in [5.41, 5.74) is 6.46. The van der Waals surface area contributed by atoms with Crippen molar-refractivity contribution in [3.63, 3.8) is 0 Å². The Hall–Kier alpha value is -1.89. The molecule has 17 heavy (non-hydrogen) atoms. The number of aromatic nitrogens is 5. The van der Waals surface area contributed by atoms with Gasteiger partial charge in [-0.15, -0.1) is 5.10 Å². The molecule has 92 valence electrons. The minimum absolute atomic E-state index is 0.0172. The van der Waals surface area contributed by atoms with Crippen LogP contribution in [0, 0.1) is 0 Å². The summed E-state index contributed by atoms with van der Waals surface area (Å²) in [4.78, 5) is 3.93. The summed E-state index contributed by atoms with van der Waals surface area (Å²) in [5.74, 6) is 0.453. The Labute approximate surface area is 98.9 Å². The molecule has 2 heterocycles. The van der Waals surface area contributed by atoms with Gasteiger partial charge in [0.1, 0.15) is 5.69 Å². The maximum absolute atomic E-state index is 9.17. The highest BCUT2D eigenvalue weighted by Crippen LogP contribution is 2.10. The van der Waals surface area contributed by atoms with E-state index in [9.17, 15) is 0 Å². The van der Waals surface area contributed by atoms with E-state index in [0.717, 1.165) is 12.1 Å². The second-order valence-electron chi connectivity index (χ2n) is 3.85. The van der Waals surface area contributed by atoms with Crippen LogP contribution >= 0.6 is 0 Å². The van der Waals surface area contributed by atoms with Crippen LogP contribution in [-0.4, -0.2) is 36.3 Å². The molecule has 0 fully saturated rings. The number of imidazole rings is 1. The van der Waals surface area contributed by atoms with E-state index in [1.165, 1.54) is 0 Å². The Morgan fingerprint density at radius 1 is 1.53 bits per heavy atom. The Morgan fingerprint density at radius 3 is 2.94 bits per heavy atom. The lowest BCUT2D eigenvalue weighted by Gasteiger charge is -2.10. The number of hydrogen-bond acceptors (Lipinski definition) is 5. The van der Waals surface area contributed by atoms with Crippen molar-refractivity contribution in [1.29, 1.82) is 0 Å². The second kappa shape index (κ2) is 4.96. The minimum atomic E-state index is -0.0172. The van der Waals surface area contributed by atoms with Crippen molar-refractivity contribution in [3.8, 4) is 0 Å². The number of nitrogen functional groups attached to an aromatic ring is 1. The van der Waals surface area contributed by atoms with E-state index in [-0.39, 0.29) is 12.6 Å². The molecule has 0 spiro atoms. The van der Waals surface area contributed by atoms with Crippen LogP contribution in [0.5, 0.6) is 0 Å². The predicted molar refractivity (Wildman–Crippen MR) is 62.2 cm³/mol. The number of nitrogens with zero attached hydrogens (tertiary/aromatic N) is 5. The SMILES string of the molecule is CCC(CO)n1cc(Cn2ccnc2N)nn1. The molecule has 2 aromatic heterocycles. The van der Waals surface area contributed by atoms with Gasteiger partial charge in [-0.3, -0.25) is 0 Å². The maximum Gasteiger partial charge on any atom is 0.200 e. The fourth-order valence-electron chi connectivity index (χ4n) is 1.61. The zero-order valence-electron chi connectivity index (χ0n) is 9.69. The van der Waals surface area contributed by atoms with Gasteiger partial charge in [0.15, 0.2) is 5.95 Å². The highest BCUT2D eigenvalue weighted by Gasteiger charge is 2.10. The summed E-state index contributed by atoms with van der Waals surface area (Å²) in [6, 6.07) is -0.0172. The van der Waals surface area contributed by atoms with Crippen LogP contribution in [0.3, 0.4) is 0 Å². The first-order chi connectivity index (χ1) is 8.24. The van der Waals surface area contributed by atoms with Gasteiger partial charge >= 0.3 is 0 Å². The Balaban J connectivity index is 2.11. The summed E-state index contributed by atoms with van der Waals surface area (Å²) in [6.07, 6.45) is 6.07. The van der Waals surface area contributed by atoms with Crippen molar-refractivity contribution < 1.29 is 5.11 Å². The van der Waals surface area contributed by atoms with Crippen molar-refractivity contribution >= 4 is 5.95 Å². The van der Waals surface area contributed by atoms with E-state index >= 15 is 0 Å². The van der Waals surface area contributed by atoms with Crippen molar-refractivity contribution in [3.05, 3.63) is 24.3 Å². The van der Waals surface area contributed by atoms with E-state index < -0.39 is 0 Å². The summed E-state index contributed by atoms with van der Waals surface area (Å²) < 4.78 is 3.47. The topological polar surface area (TPSA) is 94.8 Å². The van der Waals surface area contributed by atoms with Crippen LogP contribution in [0.4, 0.5) is 5.95 Å². The zero-order chi connectivity index (χ0) is 12.3. The smallest absolute Gasteiger partial charge is 0.200 e. The van der Waals surface area contributed by atoms with Crippen molar-refractivity contribution in [1.82, 2.24) is 24.5 Å². The van der Waals surface area contributed by atoms with Gasteiger partial charge in [0.05, 0.1) is 25.4 Å². The molecule has 0 aromatic carbocycles. The molecule has 0 saturated carbocycles. The van der Waals surface area contributed by atoms with Crippen LogP contribution < -0.4 is 5.73 Å². The van der Waals surface area contributed by atoms with Crippen LogP contribution in [0.1, 0.15) is 25.1 Å². The summed E-state index contributed by atoms with van der Waals surface area (Å²) >= 11 is 0. The fraction of sp³-hybridized carbons (Fsp3) is 0.500. The molecule has 0 bridgehead atoms. The predicted octanol–water partition coefficient (Wildman–Crippen LogP) is 0.0485. The lowest BCUT2D eigenvalue weighted by molar-refractivity contribution is 0.213. The normalized spacial score (nSPS) is 12.8. The average molecular weight is 236 g/mol. The molecule has 0 aliphatic heterocycles. The van der Waals surface area contributed by atoms with E-state index in [4.69, 9.17) is 10.8 Å². The standard InChI is InChI=1S/C10H16N6O/c1-2-9(7-17)16-6-8(13-14-16)5-15-4-3-12-10(15)11/h3-4,6,9,17H,2,5,7H2,1H3,(H2,11,12). The number of aliphatic hydroxyl groups is 1. The molecule has 1 atom stereocenters. The number of nitrogens with two attached hydrogens (primary N) is 1. The number of anilines is 1. The summed E-state index contributed by atoms with van der Waals surface area (Å²) in [6.45, 7) is 2.59. The highest BCUT2D eigenvalue weighted by molar-refractivity contribution is 5.18. The first kappa shape index (κ1) is 11.6. The Kier molecular flexibility index (Phi) is 3.38. The van der Waals surface area contributed by atoms with Gasteiger partial charge in [-0.25, -0.2) is 9.67 Å². The monoisotopic (exact) mass is 236 g/mol. The second-order valence-corrected chi connectivity index (χ2v) is 3.85. The van der Waals surface area contributed by atoms with Gasteiger partial charge in [-0.2, -0.15) is 0 Å². The van der Waals surface area contributed by atoms with Gasteiger partial charge in [0.2, 0.25) is 0 Å². The molecular formula is C10H16N6O. The van der Waals surface area contributed by atoms with Crippen molar-refractivity contribution in [2.24, 2.45) is 0 Å².